The second kappa shape index (κ2) is 8.00. The standard InChI is InChI=1S/C20H17F6N3O/c1-10(2)17(20(24,25)26)28-19(30)12-6-11-4-3-5-27-18(11)29(9-12)16-14(22)7-13(21)8-15(16)23/h3-5,7-10,17H,6H2,1-2H3,(H,28,30). The molecule has 2 heterocycles. The monoisotopic (exact) mass is 429 g/mol. The van der Waals surface area contributed by atoms with E-state index in [0.29, 0.717) is 17.7 Å². The molecule has 0 bridgehead atoms. The summed E-state index contributed by atoms with van der Waals surface area (Å²) in [7, 11) is 0. The lowest BCUT2D eigenvalue weighted by atomic mass is 9.99. The van der Waals surface area contributed by atoms with Crippen molar-refractivity contribution in [1.29, 1.82) is 0 Å². The van der Waals surface area contributed by atoms with Crippen LogP contribution in [-0.2, 0) is 11.2 Å². The van der Waals surface area contributed by atoms with E-state index >= 15 is 0 Å². The Morgan fingerprint density at radius 3 is 2.37 bits per heavy atom. The van der Waals surface area contributed by atoms with Gasteiger partial charge in [0.05, 0.1) is 0 Å². The Hall–Kier alpha value is -3.04. The van der Waals surface area contributed by atoms with Crippen LogP contribution in [0.4, 0.5) is 37.8 Å². The first-order valence-electron chi connectivity index (χ1n) is 8.95. The predicted octanol–water partition coefficient (Wildman–Crippen LogP) is 4.78. The highest BCUT2D eigenvalue weighted by molar-refractivity contribution is 5.96. The van der Waals surface area contributed by atoms with Crippen molar-refractivity contribution >= 4 is 17.4 Å². The number of alkyl halides is 3. The molecule has 0 aliphatic carbocycles. The van der Waals surface area contributed by atoms with Gasteiger partial charge in [0, 0.05) is 42.1 Å². The van der Waals surface area contributed by atoms with E-state index in [4.69, 9.17) is 0 Å². The van der Waals surface area contributed by atoms with Gasteiger partial charge in [0.1, 0.15) is 23.4 Å². The Labute approximate surface area is 168 Å². The van der Waals surface area contributed by atoms with E-state index in [1.807, 2.05) is 5.32 Å². The van der Waals surface area contributed by atoms with Crippen LogP contribution in [0.15, 0.2) is 42.2 Å². The Balaban J connectivity index is 2.04. The van der Waals surface area contributed by atoms with Crippen molar-refractivity contribution in [2.24, 2.45) is 5.92 Å². The zero-order chi connectivity index (χ0) is 22.2. The van der Waals surface area contributed by atoms with E-state index in [0.717, 1.165) is 11.1 Å². The predicted molar refractivity (Wildman–Crippen MR) is 97.3 cm³/mol. The Kier molecular flexibility index (Phi) is 5.78. The minimum atomic E-state index is -4.67. The minimum absolute atomic E-state index is 0.0784. The SMILES string of the molecule is CC(C)C(NC(=O)C1=CN(c2c(F)cc(F)cc2F)c2ncccc2C1)C(F)(F)F. The molecule has 1 aliphatic rings. The first-order chi connectivity index (χ1) is 14.0. The molecular weight excluding hydrogens is 412 g/mol. The number of rotatable bonds is 4. The Morgan fingerprint density at radius 2 is 1.80 bits per heavy atom. The Bertz CT molecular complexity index is 979. The van der Waals surface area contributed by atoms with Gasteiger partial charge < -0.3 is 5.32 Å². The summed E-state index contributed by atoms with van der Waals surface area (Å²) < 4.78 is 81.7. The van der Waals surface area contributed by atoms with Crippen LogP contribution in [0, 0.1) is 23.4 Å². The highest BCUT2D eigenvalue weighted by atomic mass is 19.4. The smallest absolute Gasteiger partial charge is 0.340 e. The molecule has 1 aliphatic heterocycles. The van der Waals surface area contributed by atoms with Crippen LogP contribution >= 0.6 is 0 Å². The molecule has 3 rings (SSSR count). The number of hydrogen-bond donors (Lipinski definition) is 1. The fourth-order valence-corrected chi connectivity index (χ4v) is 3.19. The van der Waals surface area contributed by atoms with Gasteiger partial charge in [-0.25, -0.2) is 18.2 Å². The van der Waals surface area contributed by atoms with Crippen molar-refractivity contribution in [1.82, 2.24) is 10.3 Å². The molecule has 1 N–H and O–H groups in total. The lowest BCUT2D eigenvalue weighted by molar-refractivity contribution is -0.168. The van der Waals surface area contributed by atoms with Crippen molar-refractivity contribution in [2.75, 3.05) is 4.90 Å². The molecule has 1 aromatic carbocycles. The summed E-state index contributed by atoms with van der Waals surface area (Å²) in [6.07, 6.45) is -2.41. The molecule has 4 nitrogen and oxygen atoms in total. The van der Waals surface area contributed by atoms with Gasteiger partial charge in [-0.05, 0) is 12.0 Å². The van der Waals surface area contributed by atoms with Crippen molar-refractivity contribution < 1.29 is 31.1 Å². The summed E-state index contributed by atoms with van der Waals surface area (Å²) in [5.74, 6) is -5.54. The van der Waals surface area contributed by atoms with Crippen LogP contribution in [0.3, 0.4) is 0 Å². The number of carbonyl (C=O) groups excluding carboxylic acids is 1. The molecule has 0 radical (unpaired) electrons. The summed E-state index contributed by atoms with van der Waals surface area (Å²) >= 11 is 0. The summed E-state index contributed by atoms with van der Waals surface area (Å²) in [4.78, 5) is 17.5. The molecule has 160 valence electrons. The second-order valence-electron chi connectivity index (χ2n) is 7.14. The molecule has 30 heavy (non-hydrogen) atoms. The number of amides is 1. The molecule has 0 fully saturated rings. The number of benzene rings is 1. The minimum Gasteiger partial charge on any atom is -0.340 e. The van der Waals surface area contributed by atoms with Gasteiger partial charge in [0.15, 0.2) is 11.6 Å². The van der Waals surface area contributed by atoms with Gasteiger partial charge in [-0.3, -0.25) is 9.69 Å². The summed E-state index contributed by atoms with van der Waals surface area (Å²) in [5, 5.41) is 1.94. The zero-order valence-corrected chi connectivity index (χ0v) is 15.9. The first-order valence-corrected chi connectivity index (χ1v) is 8.95. The van der Waals surface area contributed by atoms with Crippen LogP contribution < -0.4 is 10.2 Å². The number of hydrogen-bond acceptors (Lipinski definition) is 3. The molecule has 1 unspecified atom stereocenters. The van der Waals surface area contributed by atoms with E-state index in [9.17, 15) is 31.1 Å². The van der Waals surface area contributed by atoms with Crippen LogP contribution in [0.1, 0.15) is 19.4 Å². The maximum atomic E-state index is 14.4. The second-order valence-corrected chi connectivity index (χ2v) is 7.14. The number of carbonyl (C=O) groups is 1. The molecular formula is C20H17F6N3O. The molecule has 1 aromatic heterocycles. The van der Waals surface area contributed by atoms with E-state index in [-0.39, 0.29) is 17.8 Å². The van der Waals surface area contributed by atoms with Crippen LogP contribution in [0.2, 0.25) is 0 Å². The largest absolute Gasteiger partial charge is 0.408 e. The van der Waals surface area contributed by atoms with Crippen molar-refractivity contribution in [3.8, 4) is 0 Å². The maximum absolute atomic E-state index is 14.4. The zero-order valence-electron chi connectivity index (χ0n) is 15.9. The van der Waals surface area contributed by atoms with Crippen molar-refractivity contribution in [2.45, 2.75) is 32.5 Å². The van der Waals surface area contributed by atoms with Gasteiger partial charge in [-0.15, -0.1) is 0 Å². The fraction of sp³-hybridized carbons (Fsp3) is 0.300. The average Bonchev–Trinajstić information content (AvgIpc) is 2.63. The van der Waals surface area contributed by atoms with Crippen LogP contribution in [0.5, 0.6) is 0 Å². The van der Waals surface area contributed by atoms with Gasteiger partial charge in [0.2, 0.25) is 5.91 Å². The summed E-state index contributed by atoms with van der Waals surface area (Å²) in [6.45, 7) is 2.62. The summed E-state index contributed by atoms with van der Waals surface area (Å²) in [6, 6.07) is 1.86. The molecule has 1 amide bonds. The van der Waals surface area contributed by atoms with E-state index in [1.165, 1.54) is 32.2 Å². The number of aromatic nitrogens is 1. The quantitative estimate of drug-likeness (QED) is 0.712. The number of halogens is 6. The van der Waals surface area contributed by atoms with E-state index in [1.54, 1.807) is 0 Å². The third-order valence-electron chi connectivity index (χ3n) is 4.58. The molecule has 0 saturated heterocycles. The molecule has 0 spiro atoms. The lowest BCUT2D eigenvalue weighted by Gasteiger charge is -2.30. The molecule has 0 saturated carbocycles. The van der Waals surface area contributed by atoms with Crippen LogP contribution in [-0.4, -0.2) is 23.1 Å². The maximum Gasteiger partial charge on any atom is 0.408 e. The van der Waals surface area contributed by atoms with Gasteiger partial charge in [-0.2, -0.15) is 13.2 Å². The molecule has 1 atom stereocenters. The highest BCUT2D eigenvalue weighted by Crippen LogP contribution is 2.37. The normalized spacial score (nSPS) is 15.0. The molecule has 10 heteroatoms. The van der Waals surface area contributed by atoms with Crippen molar-refractivity contribution in [3.05, 3.63) is 65.3 Å². The van der Waals surface area contributed by atoms with Gasteiger partial charge in [0.25, 0.3) is 0 Å². The van der Waals surface area contributed by atoms with Crippen molar-refractivity contribution in [3.63, 3.8) is 0 Å². The topological polar surface area (TPSA) is 45.2 Å². The lowest BCUT2D eigenvalue weighted by Crippen LogP contribution is -2.49. The third kappa shape index (κ3) is 4.27. The number of pyridine rings is 1. The molecule has 2 aromatic rings. The fourth-order valence-electron chi connectivity index (χ4n) is 3.19. The van der Waals surface area contributed by atoms with Gasteiger partial charge >= 0.3 is 6.18 Å². The first kappa shape index (κ1) is 21.7. The number of fused-ring (bicyclic) bond motifs is 1. The average molecular weight is 429 g/mol. The van der Waals surface area contributed by atoms with Crippen LogP contribution in [0.25, 0.3) is 0 Å². The third-order valence-corrected chi connectivity index (χ3v) is 4.58. The Morgan fingerprint density at radius 1 is 1.17 bits per heavy atom. The van der Waals surface area contributed by atoms with Gasteiger partial charge in [-0.1, -0.05) is 19.9 Å². The van der Waals surface area contributed by atoms with E-state index < -0.39 is 47.2 Å². The number of anilines is 2. The van der Waals surface area contributed by atoms with E-state index in [2.05, 4.69) is 4.98 Å². The highest BCUT2D eigenvalue weighted by Gasteiger charge is 2.43. The number of nitrogens with one attached hydrogen (secondary N) is 1. The number of nitrogens with zero attached hydrogens (tertiary/aromatic N) is 2. The summed E-state index contributed by atoms with van der Waals surface area (Å²) in [5.41, 5.74) is -0.493.